The van der Waals surface area contributed by atoms with E-state index in [1.165, 1.54) is 24.1 Å². The number of guanidine groups is 1. The fraction of sp³-hybridized carbons (Fsp3) is 0.696. The minimum absolute atomic E-state index is 0. The molecule has 3 rings (SSSR count). The largest absolute Gasteiger partial charge is 0.357 e. The van der Waals surface area contributed by atoms with E-state index in [1.807, 2.05) is 6.92 Å². The summed E-state index contributed by atoms with van der Waals surface area (Å²) in [5.41, 5.74) is 2.51. The third-order valence-electron chi connectivity index (χ3n) is 6.33. The highest BCUT2D eigenvalue weighted by molar-refractivity contribution is 14.0. The van der Waals surface area contributed by atoms with E-state index >= 15 is 0 Å². The molecule has 2 heterocycles. The first kappa shape index (κ1) is 27.3. The molecule has 0 amide bonds. The molecule has 9 heteroatoms. The molecule has 182 valence electrons. The van der Waals surface area contributed by atoms with Gasteiger partial charge in [-0.3, -0.25) is 4.90 Å². The second-order valence-electron chi connectivity index (χ2n) is 9.42. The molecule has 2 fully saturated rings. The van der Waals surface area contributed by atoms with Crippen LogP contribution in [-0.2, 0) is 22.9 Å². The lowest BCUT2D eigenvalue weighted by Crippen LogP contribution is -2.57. The summed E-state index contributed by atoms with van der Waals surface area (Å²) < 4.78 is 23.9. The van der Waals surface area contributed by atoms with Gasteiger partial charge in [0.1, 0.15) is 0 Å². The average Bonchev–Trinajstić information content (AvgIpc) is 2.92. The second-order valence-corrected chi connectivity index (χ2v) is 12.2. The van der Waals surface area contributed by atoms with Crippen molar-refractivity contribution in [1.82, 2.24) is 20.0 Å². The monoisotopic (exact) mass is 577 g/mol. The van der Waals surface area contributed by atoms with E-state index in [4.69, 9.17) is 4.99 Å². The van der Waals surface area contributed by atoms with Gasteiger partial charge in [-0.05, 0) is 58.5 Å². The highest BCUT2D eigenvalue weighted by Crippen LogP contribution is 2.24. The summed E-state index contributed by atoms with van der Waals surface area (Å²) in [7, 11) is -0.864. The smallest absolute Gasteiger partial charge is 0.194 e. The van der Waals surface area contributed by atoms with Gasteiger partial charge >= 0.3 is 0 Å². The number of aliphatic imine (C=N–C) groups is 1. The molecule has 1 aromatic rings. The molecule has 0 saturated carbocycles. The van der Waals surface area contributed by atoms with Crippen molar-refractivity contribution < 1.29 is 8.42 Å². The molecule has 0 aliphatic carbocycles. The molecule has 7 nitrogen and oxygen atoms in total. The lowest BCUT2D eigenvalue weighted by molar-refractivity contribution is 0.269. The van der Waals surface area contributed by atoms with Crippen LogP contribution in [0.3, 0.4) is 0 Å². The van der Waals surface area contributed by atoms with Gasteiger partial charge in [0.15, 0.2) is 15.8 Å². The topological polar surface area (TPSA) is 68.2 Å². The first-order valence-corrected chi connectivity index (χ1v) is 13.1. The van der Waals surface area contributed by atoms with Crippen LogP contribution in [0.15, 0.2) is 29.3 Å². The quantitative estimate of drug-likeness (QED) is 0.330. The fourth-order valence-corrected chi connectivity index (χ4v) is 5.55. The van der Waals surface area contributed by atoms with Crippen molar-refractivity contribution >= 4 is 39.8 Å². The Hall–Kier alpha value is -0.910. The SMILES string of the molecule is CCNC(=NCc1ccc(CN2CCCN(C)CC2)cc1)N1CCS(=O)(=O)C(C)(C)C1.I. The fourth-order valence-electron chi connectivity index (χ4n) is 4.18. The third kappa shape index (κ3) is 7.30. The van der Waals surface area contributed by atoms with Gasteiger partial charge < -0.3 is 15.1 Å². The van der Waals surface area contributed by atoms with Crippen LogP contribution in [0.4, 0.5) is 0 Å². The molecule has 2 aliphatic heterocycles. The molecule has 0 spiro atoms. The molecular formula is C23H40IN5O2S. The first-order valence-electron chi connectivity index (χ1n) is 11.4. The standard InChI is InChI=1S/C23H39N5O2S.HI/c1-5-24-22(28-15-16-31(29,30)23(2,3)19-28)25-17-20-7-9-21(10-8-20)18-27-12-6-11-26(4)13-14-27;/h7-10H,5-6,11-19H2,1-4H3,(H,24,25);1H. The molecule has 2 aliphatic rings. The number of nitrogens with one attached hydrogen (secondary N) is 1. The zero-order valence-electron chi connectivity index (χ0n) is 20.0. The minimum Gasteiger partial charge on any atom is -0.357 e. The highest BCUT2D eigenvalue weighted by Gasteiger charge is 2.40. The van der Waals surface area contributed by atoms with Gasteiger partial charge in [0, 0.05) is 39.3 Å². The van der Waals surface area contributed by atoms with Gasteiger partial charge in [0.2, 0.25) is 0 Å². The number of rotatable bonds is 5. The summed E-state index contributed by atoms with van der Waals surface area (Å²) >= 11 is 0. The van der Waals surface area contributed by atoms with Crippen molar-refractivity contribution in [3.05, 3.63) is 35.4 Å². The Labute approximate surface area is 211 Å². The zero-order chi connectivity index (χ0) is 22.5. The maximum Gasteiger partial charge on any atom is 0.194 e. The molecule has 1 aromatic carbocycles. The van der Waals surface area contributed by atoms with Gasteiger partial charge in [-0.1, -0.05) is 24.3 Å². The Kier molecular flexibility index (Phi) is 10.2. The summed E-state index contributed by atoms with van der Waals surface area (Å²) in [6.07, 6.45) is 1.23. The highest BCUT2D eigenvalue weighted by atomic mass is 127. The number of nitrogens with zero attached hydrogens (tertiary/aromatic N) is 4. The normalized spacial score (nSPS) is 22.1. The Morgan fingerprint density at radius 1 is 1.06 bits per heavy atom. The zero-order valence-corrected chi connectivity index (χ0v) is 23.2. The Bertz CT molecular complexity index is 858. The van der Waals surface area contributed by atoms with Gasteiger partial charge in [-0.25, -0.2) is 13.4 Å². The van der Waals surface area contributed by atoms with Gasteiger partial charge in [0.05, 0.1) is 17.0 Å². The Morgan fingerprint density at radius 3 is 2.41 bits per heavy atom. The molecule has 0 atom stereocenters. The third-order valence-corrected chi connectivity index (χ3v) is 8.86. The van der Waals surface area contributed by atoms with Crippen LogP contribution in [0.1, 0.15) is 38.3 Å². The molecule has 2 saturated heterocycles. The van der Waals surface area contributed by atoms with E-state index in [0.717, 1.165) is 38.7 Å². The van der Waals surface area contributed by atoms with Crippen LogP contribution >= 0.6 is 24.0 Å². The van der Waals surface area contributed by atoms with Crippen molar-refractivity contribution in [3.63, 3.8) is 0 Å². The van der Waals surface area contributed by atoms with Gasteiger partial charge in [0.25, 0.3) is 0 Å². The van der Waals surface area contributed by atoms with Crippen LogP contribution in [0.5, 0.6) is 0 Å². The number of hydrogen-bond acceptors (Lipinski definition) is 5. The number of sulfone groups is 1. The van der Waals surface area contributed by atoms with E-state index in [-0.39, 0.29) is 29.7 Å². The molecule has 0 radical (unpaired) electrons. The van der Waals surface area contributed by atoms with E-state index in [2.05, 4.69) is 51.3 Å². The predicted octanol–water partition coefficient (Wildman–Crippen LogP) is 2.42. The molecular weight excluding hydrogens is 537 g/mol. The van der Waals surface area contributed by atoms with Crippen molar-refractivity contribution in [3.8, 4) is 0 Å². The van der Waals surface area contributed by atoms with Gasteiger partial charge in [-0.2, -0.15) is 0 Å². The summed E-state index contributed by atoms with van der Waals surface area (Å²) in [6.45, 7) is 13.5. The number of hydrogen-bond donors (Lipinski definition) is 1. The summed E-state index contributed by atoms with van der Waals surface area (Å²) in [5, 5.41) is 3.33. The molecule has 0 unspecified atom stereocenters. The Morgan fingerprint density at radius 2 is 1.75 bits per heavy atom. The molecule has 1 N–H and O–H groups in total. The summed E-state index contributed by atoms with van der Waals surface area (Å²) in [5.74, 6) is 0.967. The number of benzene rings is 1. The number of halogens is 1. The van der Waals surface area contributed by atoms with E-state index in [1.54, 1.807) is 13.8 Å². The summed E-state index contributed by atoms with van der Waals surface area (Å²) in [6, 6.07) is 8.75. The van der Waals surface area contributed by atoms with E-state index in [9.17, 15) is 8.42 Å². The van der Waals surface area contributed by atoms with Crippen LogP contribution in [0.2, 0.25) is 0 Å². The minimum atomic E-state index is -3.06. The van der Waals surface area contributed by atoms with Crippen LogP contribution in [0, 0.1) is 0 Å². The van der Waals surface area contributed by atoms with Crippen molar-refractivity contribution in [2.24, 2.45) is 4.99 Å². The van der Waals surface area contributed by atoms with E-state index in [0.29, 0.717) is 19.6 Å². The van der Waals surface area contributed by atoms with Crippen molar-refractivity contribution in [2.75, 3.05) is 58.6 Å². The maximum absolute atomic E-state index is 12.3. The van der Waals surface area contributed by atoms with E-state index < -0.39 is 14.6 Å². The van der Waals surface area contributed by atoms with Crippen LogP contribution in [0.25, 0.3) is 0 Å². The molecule has 0 bridgehead atoms. The van der Waals surface area contributed by atoms with Crippen molar-refractivity contribution in [2.45, 2.75) is 45.0 Å². The maximum atomic E-state index is 12.3. The first-order chi connectivity index (χ1) is 14.7. The molecule has 32 heavy (non-hydrogen) atoms. The lowest BCUT2D eigenvalue weighted by atomic mass is 10.1. The lowest BCUT2D eigenvalue weighted by Gasteiger charge is -2.39. The molecule has 0 aromatic heterocycles. The number of likely N-dealkylation sites (N-methyl/N-ethyl adjacent to an activating group) is 1. The second kappa shape index (κ2) is 12.0. The van der Waals surface area contributed by atoms with Crippen molar-refractivity contribution in [1.29, 1.82) is 0 Å². The van der Waals surface area contributed by atoms with Crippen LogP contribution < -0.4 is 5.32 Å². The summed E-state index contributed by atoms with van der Waals surface area (Å²) in [4.78, 5) is 11.8. The van der Waals surface area contributed by atoms with Gasteiger partial charge in [-0.15, -0.1) is 24.0 Å². The predicted molar refractivity (Wildman–Crippen MR) is 144 cm³/mol. The Balaban J connectivity index is 0.00000363. The van der Waals surface area contributed by atoms with Crippen LogP contribution in [-0.4, -0.2) is 92.4 Å². The average molecular weight is 578 g/mol.